The van der Waals surface area contributed by atoms with E-state index in [-0.39, 0.29) is 11.6 Å². The summed E-state index contributed by atoms with van der Waals surface area (Å²) >= 11 is 5.87. The number of hydrogen-bond acceptors (Lipinski definition) is 9. The van der Waals surface area contributed by atoms with Crippen LogP contribution in [0.25, 0.3) is 11.5 Å². The van der Waals surface area contributed by atoms with Gasteiger partial charge in [0.1, 0.15) is 23.4 Å². The van der Waals surface area contributed by atoms with Gasteiger partial charge in [0, 0.05) is 32.1 Å². The lowest BCUT2D eigenvalue weighted by Crippen LogP contribution is -2.30. The molecule has 2 atom stereocenters. The summed E-state index contributed by atoms with van der Waals surface area (Å²) in [5.74, 6) is 1.74. The summed E-state index contributed by atoms with van der Waals surface area (Å²) in [6, 6.07) is 5.37. The first kappa shape index (κ1) is 24.5. The van der Waals surface area contributed by atoms with E-state index in [1.165, 1.54) is 25.9 Å². The van der Waals surface area contributed by atoms with Crippen molar-refractivity contribution in [2.45, 2.75) is 49.8 Å². The highest BCUT2D eigenvalue weighted by Crippen LogP contribution is 2.31. The molecule has 3 aromatic heterocycles. The van der Waals surface area contributed by atoms with Crippen LogP contribution in [0.5, 0.6) is 5.88 Å². The number of halogens is 1. The molecule has 34 heavy (non-hydrogen) atoms. The van der Waals surface area contributed by atoms with Crippen molar-refractivity contribution in [3.05, 3.63) is 47.3 Å². The molecule has 1 aliphatic carbocycles. The van der Waals surface area contributed by atoms with Crippen molar-refractivity contribution >= 4 is 21.4 Å². The number of sulfone groups is 1. The van der Waals surface area contributed by atoms with E-state index in [0.717, 1.165) is 12.8 Å². The molecule has 0 spiro atoms. The minimum absolute atomic E-state index is 0.250. The molecular formula is C22H27ClN6O4S. The highest BCUT2D eigenvalue weighted by atomic mass is 35.5. The van der Waals surface area contributed by atoms with Crippen LogP contribution in [-0.4, -0.2) is 57.6 Å². The second-order valence-electron chi connectivity index (χ2n) is 8.34. The highest BCUT2D eigenvalue weighted by molar-refractivity contribution is 7.91. The van der Waals surface area contributed by atoms with Gasteiger partial charge in [-0.3, -0.25) is 0 Å². The molecule has 3 aromatic rings. The molecular weight excluding hydrogens is 480 g/mol. The molecule has 3 heterocycles. The quantitative estimate of drug-likeness (QED) is 0.407. The number of rotatable bonds is 10. The molecule has 1 aliphatic rings. The second kappa shape index (κ2) is 10.3. The molecule has 10 nitrogen and oxygen atoms in total. The smallest absolute Gasteiger partial charge is 0.213 e. The van der Waals surface area contributed by atoms with Crippen molar-refractivity contribution in [1.29, 1.82) is 0 Å². The maximum Gasteiger partial charge on any atom is 0.213 e. The predicted octanol–water partition coefficient (Wildman–Crippen LogP) is 3.28. The Balaban J connectivity index is 1.65. The van der Waals surface area contributed by atoms with E-state index in [4.69, 9.17) is 21.1 Å². The zero-order chi connectivity index (χ0) is 24.3. The molecule has 1 fully saturated rings. The molecule has 4 rings (SSSR count). The molecule has 12 heteroatoms. The van der Waals surface area contributed by atoms with Gasteiger partial charge >= 0.3 is 0 Å². The predicted molar refractivity (Wildman–Crippen MR) is 126 cm³/mol. The van der Waals surface area contributed by atoms with Gasteiger partial charge < -0.3 is 14.0 Å². The van der Waals surface area contributed by atoms with Crippen molar-refractivity contribution in [1.82, 2.24) is 29.7 Å². The van der Waals surface area contributed by atoms with Crippen LogP contribution >= 0.6 is 11.6 Å². The zero-order valence-corrected chi connectivity index (χ0v) is 20.8. The van der Waals surface area contributed by atoms with Gasteiger partial charge in [-0.2, -0.15) is 0 Å². The monoisotopic (exact) mass is 506 g/mol. The Labute approximate surface area is 203 Å². The fraction of sp³-hybridized carbons (Fsp3) is 0.500. The Morgan fingerprint density at radius 2 is 1.91 bits per heavy atom. The summed E-state index contributed by atoms with van der Waals surface area (Å²) in [5.41, 5.74) is 0.576. The minimum Gasteiger partial charge on any atom is -0.481 e. The van der Waals surface area contributed by atoms with E-state index in [9.17, 15) is 8.42 Å². The van der Waals surface area contributed by atoms with Crippen molar-refractivity contribution in [2.75, 3.05) is 14.2 Å². The largest absolute Gasteiger partial charge is 0.481 e. The van der Waals surface area contributed by atoms with Crippen LogP contribution in [0.1, 0.15) is 43.9 Å². The lowest BCUT2D eigenvalue weighted by molar-refractivity contribution is 0.0948. The van der Waals surface area contributed by atoms with Gasteiger partial charge in [0.2, 0.25) is 5.88 Å². The Morgan fingerprint density at radius 1 is 1.18 bits per heavy atom. The Morgan fingerprint density at radius 3 is 2.53 bits per heavy atom. The molecule has 1 saturated carbocycles. The molecule has 0 aromatic carbocycles. The van der Waals surface area contributed by atoms with Gasteiger partial charge in [0.15, 0.2) is 21.5 Å². The van der Waals surface area contributed by atoms with Gasteiger partial charge in [-0.05, 0) is 31.7 Å². The number of pyridine rings is 1. The first-order valence-electron chi connectivity index (χ1n) is 11.0. The summed E-state index contributed by atoms with van der Waals surface area (Å²) < 4.78 is 39.4. The third-order valence-corrected chi connectivity index (χ3v) is 8.36. The first-order valence-corrected chi connectivity index (χ1v) is 13.1. The van der Waals surface area contributed by atoms with Crippen LogP contribution in [-0.2, 0) is 26.9 Å². The molecule has 0 unspecified atom stereocenters. The topological polar surface area (TPSA) is 122 Å². The molecule has 0 amide bonds. The maximum absolute atomic E-state index is 13.4. The highest BCUT2D eigenvalue weighted by Gasteiger charge is 2.35. The van der Waals surface area contributed by atoms with E-state index < -0.39 is 21.2 Å². The summed E-state index contributed by atoms with van der Waals surface area (Å²) in [7, 11) is -0.744. The summed E-state index contributed by atoms with van der Waals surface area (Å²) in [6.07, 6.45) is 5.32. The standard InChI is InChI=1S/C22H27ClN6O4S/c1-14(20(33-3)21-24-10-16(23)11-25-21)34(30,31)13-18-27-28-22(29(18)12-15-6-4-7-15)17-8-5-9-19(26-17)32-2/h5,8-11,14-15,20H,4,6-7,12-13H2,1-3H3/t14-,20-/m0/s1. The molecule has 0 N–H and O–H groups in total. The van der Waals surface area contributed by atoms with Crippen LogP contribution in [0, 0.1) is 5.92 Å². The third-order valence-electron chi connectivity index (χ3n) is 6.13. The summed E-state index contributed by atoms with van der Waals surface area (Å²) in [6.45, 7) is 2.22. The normalized spacial score (nSPS) is 16.1. The van der Waals surface area contributed by atoms with E-state index in [1.807, 2.05) is 16.7 Å². The average molecular weight is 507 g/mol. The fourth-order valence-corrected chi connectivity index (χ4v) is 5.43. The summed E-state index contributed by atoms with van der Waals surface area (Å²) in [5, 5.41) is 8.00. The Bertz CT molecular complexity index is 1230. The van der Waals surface area contributed by atoms with Gasteiger partial charge in [-0.15, -0.1) is 10.2 Å². The number of methoxy groups -OCH3 is 2. The van der Waals surface area contributed by atoms with Gasteiger partial charge in [-0.25, -0.2) is 23.4 Å². The molecule has 182 valence electrons. The second-order valence-corrected chi connectivity index (χ2v) is 11.1. The van der Waals surface area contributed by atoms with E-state index in [2.05, 4.69) is 25.1 Å². The average Bonchev–Trinajstić information content (AvgIpc) is 3.19. The van der Waals surface area contributed by atoms with Crippen LogP contribution < -0.4 is 4.74 Å². The molecule has 0 aliphatic heterocycles. The lowest BCUT2D eigenvalue weighted by atomic mass is 9.85. The van der Waals surface area contributed by atoms with E-state index in [1.54, 1.807) is 20.1 Å². The van der Waals surface area contributed by atoms with Crippen molar-refractivity contribution in [3.63, 3.8) is 0 Å². The maximum atomic E-state index is 13.4. The Kier molecular flexibility index (Phi) is 7.44. The van der Waals surface area contributed by atoms with Crippen molar-refractivity contribution in [3.8, 4) is 17.4 Å². The number of hydrogen-bond donors (Lipinski definition) is 0. The fourth-order valence-electron chi connectivity index (χ4n) is 3.89. The molecule has 0 radical (unpaired) electrons. The van der Waals surface area contributed by atoms with Gasteiger partial charge in [-0.1, -0.05) is 24.1 Å². The zero-order valence-electron chi connectivity index (χ0n) is 19.3. The van der Waals surface area contributed by atoms with Gasteiger partial charge in [0.25, 0.3) is 0 Å². The Hall–Kier alpha value is -2.63. The molecule has 0 saturated heterocycles. The van der Waals surface area contributed by atoms with Crippen molar-refractivity contribution < 1.29 is 17.9 Å². The van der Waals surface area contributed by atoms with Crippen LogP contribution in [0.3, 0.4) is 0 Å². The van der Waals surface area contributed by atoms with Crippen LogP contribution in [0.2, 0.25) is 5.02 Å². The van der Waals surface area contributed by atoms with Crippen LogP contribution in [0.15, 0.2) is 30.6 Å². The van der Waals surface area contributed by atoms with Crippen molar-refractivity contribution in [2.24, 2.45) is 5.92 Å². The lowest BCUT2D eigenvalue weighted by Gasteiger charge is -2.27. The van der Waals surface area contributed by atoms with E-state index >= 15 is 0 Å². The SMILES string of the molecule is COc1cccc(-c2nnc(CS(=O)(=O)[C@@H](C)[C@H](OC)c3ncc(Cl)cn3)n2CC2CCC2)n1. The third kappa shape index (κ3) is 5.21. The van der Waals surface area contributed by atoms with Gasteiger partial charge in [0.05, 0.1) is 17.4 Å². The minimum atomic E-state index is -3.72. The van der Waals surface area contributed by atoms with Crippen LogP contribution in [0.4, 0.5) is 0 Å². The summed E-state index contributed by atoms with van der Waals surface area (Å²) in [4.78, 5) is 12.7. The first-order chi connectivity index (χ1) is 16.3. The number of nitrogens with zero attached hydrogens (tertiary/aromatic N) is 6. The van der Waals surface area contributed by atoms with E-state index in [0.29, 0.717) is 40.7 Å². The molecule has 0 bridgehead atoms. The number of ether oxygens (including phenoxy) is 2. The number of aromatic nitrogens is 6.